The normalized spacial score (nSPS) is 20.5. The summed E-state index contributed by atoms with van der Waals surface area (Å²) in [6, 6.07) is 3.36. The van der Waals surface area contributed by atoms with Crippen molar-refractivity contribution < 1.29 is 19.4 Å². The van der Waals surface area contributed by atoms with E-state index in [2.05, 4.69) is 5.10 Å². The molecule has 2 aromatic rings. The minimum atomic E-state index is -0.925. The summed E-state index contributed by atoms with van der Waals surface area (Å²) >= 11 is 0. The molecule has 24 heavy (non-hydrogen) atoms. The number of hydrogen-bond donors (Lipinski definition) is 1. The molecule has 1 aliphatic rings. The van der Waals surface area contributed by atoms with Gasteiger partial charge in [-0.15, -0.1) is 0 Å². The van der Waals surface area contributed by atoms with Crippen molar-refractivity contribution in [3.8, 4) is 5.82 Å². The van der Waals surface area contributed by atoms with E-state index in [1.54, 1.807) is 23.7 Å². The highest BCUT2D eigenvalue weighted by molar-refractivity contribution is 5.97. The number of likely N-dealkylation sites (tertiary alicyclic amines) is 1. The molecule has 0 spiro atoms. The highest BCUT2D eigenvalue weighted by atomic mass is 16.5. The molecule has 0 saturated carbocycles. The molecule has 8 heteroatoms. The van der Waals surface area contributed by atoms with Gasteiger partial charge in [-0.3, -0.25) is 14.3 Å². The molecule has 3 rings (SSSR count). The maximum atomic E-state index is 13.0. The van der Waals surface area contributed by atoms with Crippen molar-refractivity contribution >= 4 is 11.9 Å². The largest absolute Gasteiger partial charge is 0.481 e. The number of ether oxygens (including phenoxy) is 1. The van der Waals surface area contributed by atoms with Gasteiger partial charge in [0.05, 0.1) is 18.7 Å². The highest BCUT2D eigenvalue weighted by Gasteiger charge is 2.38. The van der Waals surface area contributed by atoms with E-state index in [1.807, 2.05) is 29.1 Å². The highest BCUT2D eigenvalue weighted by Crippen LogP contribution is 2.26. The van der Waals surface area contributed by atoms with Crippen LogP contribution in [0.5, 0.6) is 0 Å². The zero-order chi connectivity index (χ0) is 17.3. The van der Waals surface area contributed by atoms with E-state index in [4.69, 9.17) is 9.84 Å². The van der Waals surface area contributed by atoms with Crippen LogP contribution in [0.3, 0.4) is 0 Å². The first kappa shape index (κ1) is 16.3. The Morgan fingerprint density at radius 3 is 2.71 bits per heavy atom. The smallest absolute Gasteiger partial charge is 0.305 e. The fraction of sp³-hybridized carbons (Fsp3) is 0.438. The number of aliphatic carboxylic acids is 1. The van der Waals surface area contributed by atoms with Gasteiger partial charge in [-0.1, -0.05) is 0 Å². The molecular weight excluding hydrogens is 312 g/mol. The lowest BCUT2D eigenvalue weighted by Gasteiger charge is -2.23. The van der Waals surface area contributed by atoms with Crippen LogP contribution < -0.4 is 0 Å². The van der Waals surface area contributed by atoms with Crippen molar-refractivity contribution in [1.29, 1.82) is 0 Å². The first-order valence-corrected chi connectivity index (χ1v) is 7.72. The maximum Gasteiger partial charge on any atom is 0.305 e. The van der Waals surface area contributed by atoms with Crippen LogP contribution in [-0.2, 0) is 16.6 Å². The summed E-state index contributed by atoms with van der Waals surface area (Å²) in [5.74, 6) is -0.496. The van der Waals surface area contributed by atoms with Crippen LogP contribution in [0.2, 0.25) is 0 Å². The molecule has 0 aliphatic carbocycles. The molecule has 128 valence electrons. The average Bonchev–Trinajstić information content (AvgIpc) is 3.25. The van der Waals surface area contributed by atoms with Crippen LogP contribution >= 0.6 is 0 Å². The van der Waals surface area contributed by atoms with E-state index in [0.717, 1.165) is 0 Å². The number of methoxy groups -OCH3 is 1. The van der Waals surface area contributed by atoms with Gasteiger partial charge in [0.2, 0.25) is 0 Å². The lowest BCUT2D eigenvalue weighted by molar-refractivity contribution is -0.137. The molecule has 1 N–H and O–H groups in total. The van der Waals surface area contributed by atoms with Gasteiger partial charge in [0, 0.05) is 39.1 Å². The first-order valence-electron chi connectivity index (χ1n) is 7.72. The van der Waals surface area contributed by atoms with Crippen LogP contribution in [-0.4, -0.2) is 62.0 Å². The summed E-state index contributed by atoms with van der Waals surface area (Å²) in [5.41, 5.74) is 0.445. The van der Waals surface area contributed by atoms with Crippen molar-refractivity contribution in [3.05, 3.63) is 36.3 Å². The zero-order valence-corrected chi connectivity index (χ0v) is 13.6. The number of carbonyl (C=O) groups excluding carboxylic acids is 1. The summed E-state index contributed by atoms with van der Waals surface area (Å²) in [6.45, 7) is 0.382. The van der Waals surface area contributed by atoms with Gasteiger partial charge in [-0.25, -0.2) is 0 Å². The molecule has 1 saturated heterocycles. The molecular formula is C16H20N4O4. The lowest BCUT2D eigenvalue weighted by Crippen LogP contribution is -2.37. The predicted octanol–water partition coefficient (Wildman–Crippen LogP) is 0.915. The number of carboxylic acids is 1. The zero-order valence-electron chi connectivity index (χ0n) is 13.6. The fourth-order valence-electron chi connectivity index (χ4n) is 3.21. The Kier molecular flexibility index (Phi) is 4.39. The summed E-state index contributed by atoms with van der Waals surface area (Å²) in [4.78, 5) is 25.7. The van der Waals surface area contributed by atoms with Gasteiger partial charge in [-0.2, -0.15) is 5.10 Å². The first-order chi connectivity index (χ1) is 11.5. The van der Waals surface area contributed by atoms with E-state index in [-0.39, 0.29) is 24.5 Å². The van der Waals surface area contributed by atoms with Crippen LogP contribution in [0, 0.1) is 0 Å². The Morgan fingerprint density at radius 1 is 1.38 bits per heavy atom. The minimum Gasteiger partial charge on any atom is -0.481 e. The maximum absolute atomic E-state index is 13.0. The Labute approximate surface area is 139 Å². The summed E-state index contributed by atoms with van der Waals surface area (Å²) in [6.07, 6.45) is 5.48. The molecule has 2 atom stereocenters. The van der Waals surface area contributed by atoms with E-state index in [9.17, 15) is 9.59 Å². The SMILES string of the molecule is COC1CC(CC(=O)O)N(C(=O)c2cnn(C)c2-n2cccc2)C1. The Bertz CT molecular complexity index is 737. The Balaban J connectivity index is 1.92. The monoisotopic (exact) mass is 332 g/mol. The standard InChI is InChI=1S/C16H20N4O4/c1-18-15(19-5-3-4-6-19)13(9-17-18)16(23)20-10-12(24-2)7-11(20)8-14(21)22/h3-6,9,11-12H,7-8,10H2,1-2H3,(H,21,22). The third-order valence-electron chi connectivity index (χ3n) is 4.37. The molecule has 0 radical (unpaired) electrons. The number of carbonyl (C=O) groups is 2. The second kappa shape index (κ2) is 6.48. The molecule has 2 aromatic heterocycles. The van der Waals surface area contributed by atoms with Crippen LogP contribution in [0.4, 0.5) is 0 Å². The number of rotatable bonds is 5. The number of amides is 1. The lowest BCUT2D eigenvalue weighted by atomic mass is 10.1. The van der Waals surface area contributed by atoms with Crippen molar-refractivity contribution in [3.63, 3.8) is 0 Å². The van der Waals surface area contributed by atoms with E-state index < -0.39 is 5.97 Å². The molecule has 1 aliphatic heterocycles. The average molecular weight is 332 g/mol. The second-order valence-electron chi connectivity index (χ2n) is 5.90. The fourth-order valence-corrected chi connectivity index (χ4v) is 3.21. The van der Waals surface area contributed by atoms with Crippen molar-refractivity contribution in [1.82, 2.24) is 19.2 Å². The van der Waals surface area contributed by atoms with E-state index in [0.29, 0.717) is 24.3 Å². The molecule has 1 amide bonds. The van der Waals surface area contributed by atoms with Gasteiger partial charge in [0.1, 0.15) is 11.4 Å². The van der Waals surface area contributed by atoms with E-state index >= 15 is 0 Å². The number of carboxylic acid groups (broad SMARTS) is 1. The summed E-state index contributed by atoms with van der Waals surface area (Å²) < 4.78 is 8.78. The topological polar surface area (TPSA) is 89.6 Å². The Morgan fingerprint density at radius 2 is 2.08 bits per heavy atom. The quantitative estimate of drug-likeness (QED) is 0.879. The molecule has 0 aromatic carbocycles. The van der Waals surface area contributed by atoms with Crippen molar-refractivity contribution in [2.45, 2.75) is 25.0 Å². The summed E-state index contributed by atoms with van der Waals surface area (Å²) in [7, 11) is 3.34. The van der Waals surface area contributed by atoms with Crippen LogP contribution in [0.25, 0.3) is 5.82 Å². The van der Waals surface area contributed by atoms with Gasteiger partial charge in [-0.05, 0) is 18.6 Å². The van der Waals surface area contributed by atoms with Crippen LogP contribution in [0.15, 0.2) is 30.7 Å². The Hall–Kier alpha value is -2.61. The predicted molar refractivity (Wildman–Crippen MR) is 85.0 cm³/mol. The number of nitrogens with zero attached hydrogens (tertiary/aromatic N) is 4. The molecule has 0 bridgehead atoms. The van der Waals surface area contributed by atoms with E-state index in [1.165, 1.54) is 6.20 Å². The van der Waals surface area contributed by atoms with Crippen molar-refractivity contribution in [2.24, 2.45) is 7.05 Å². The third-order valence-corrected chi connectivity index (χ3v) is 4.37. The molecule has 1 fully saturated rings. The van der Waals surface area contributed by atoms with Crippen LogP contribution in [0.1, 0.15) is 23.2 Å². The van der Waals surface area contributed by atoms with Gasteiger partial charge in [0.25, 0.3) is 5.91 Å². The minimum absolute atomic E-state index is 0.0925. The second-order valence-corrected chi connectivity index (χ2v) is 5.90. The molecule has 2 unspecified atom stereocenters. The molecule has 3 heterocycles. The number of hydrogen-bond acceptors (Lipinski definition) is 4. The van der Waals surface area contributed by atoms with Gasteiger partial charge in [0.15, 0.2) is 0 Å². The van der Waals surface area contributed by atoms with Gasteiger partial charge < -0.3 is 19.3 Å². The molecule has 8 nitrogen and oxygen atoms in total. The summed E-state index contributed by atoms with van der Waals surface area (Å²) in [5, 5.41) is 13.3. The van der Waals surface area contributed by atoms with Gasteiger partial charge >= 0.3 is 5.97 Å². The number of aryl methyl sites for hydroxylation is 1. The number of aromatic nitrogens is 3. The van der Waals surface area contributed by atoms with Crippen molar-refractivity contribution in [2.75, 3.05) is 13.7 Å². The third kappa shape index (κ3) is 2.92.